The summed E-state index contributed by atoms with van der Waals surface area (Å²) in [5.74, 6) is -0.476. The van der Waals surface area contributed by atoms with Gasteiger partial charge in [0, 0.05) is 12.2 Å². The van der Waals surface area contributed by atoms with Gasteiger partial charge in [-0.2, -0.15) is 0 Å². The molecule has 106 valence electrons. The van der Waals surface area contributed by atoms with Crippen LogP contribution in [0.25, 0.3) is 0 Å². The number of halogens is 2. The number of amides is 2. The van der Waals surface area contributed by atoms with Crippen molar-refractivity contribution in [3.63, 3.8) is 0 Å². The third-order valence-electron chi connectivity index (χ3n) is 2.57. The molecule has 6 heteroatoms. The minimum Gasteiger partial charge on any atom is -0.326 e. The fourth-order valence-corrected chi connectivity index (χ4v) is 1.57. The lowest BCUT2D eigenvalue weighted by Crippen LogP contribution is -2.20. The second kappa shape index (κ2) is 7.47. The smallest absolute Gasteiger partial charge is 0.323 e. The Bertz CT molecular complexity index is 575. The summed E-state index contributed by atoms with van der Waals surface area (Å²) in [6.07, 6.45) is 0. The number of hydrogen-bond donors (Lipinski definition) is 3. The number of anilines is 2. The molecule has 20 heavy (non-hydrogen) atoms. The van der Waals surface area contributed by atoms with Gasteiger partial charge in [-0.1, -0.05) is 24.3 Å². The second-order valence-electron chi connectivity index (χ2n) is 3.96. The van der Waals surface area contributed by atoms with Crippen LogP contribution in [-0.4, -0.2) is 6.03 Å². The van der Waals surface area contributed by atoms with Gasteiger partial charge in [0.1, 0.15) is 5.82 Å². The Balaban J connectivity index is 0.00000200. The highest BCUT2D eigenvalue weighted by Gasteiger charge is 2.05. The maximum absolute atomic E-state index is 13.3. The average Bonchev–Trinajstić information content (AvgIpc) is 2.42. The van der Waals surface area contributed by atoms with E-state index >= 15 is 0 Å². The van der Waals surface area contributed by atoms with Crippen molar-refractivity contribution in [1.82, 2.24) is 0 Å². The molecule has 0 aliphatic rings. The number of carbonyl (C=O) groups is 1. The van der Waals surface area contributed by atoms with Crippen molar-refractivity contribution in [1.29, 1.82) is 0 Å². The molecule has 0 saturated heterocycles. The van der Waals surface area contributed by atoms with Gasteiger partial charge in [0.25, 0.3) is 0 Å². The summed E-state index contributed by atoms with van der Waals surface area (Å²) in [6.45, 7) is 0.446. The van der Waals surface area contributed by atoms with Gasteiger partial charge in [-0.3, -0.25) is 0 Å². The highest BCUT2D eigenvalue weighted by atomic mass is 35.5. The molecule has 0 spiro atoms. The predicted octanol–water partition coefficient (Wildman–Crippen LogP) is 3.35. The van der Waals surface area contributed by atoms with Crippen LogP contribution in [0.1, 0.15) is 5.56 Å². The summed E-state index contributed by atoms with van der Waals surface area (Å²) in [4.78, 5) is 11.7. The van der Waals surface area contributed by atoms with E-state index in [0.29, 0.717) is 12.2 Å². The van der Waals surface area contributed by atoms with Crippen molar-refractivity contribution < 1.29 is 9.18 Å². The van der Waals surface area contributed by atoms with Crippen molar-refractivity contribution in [2.75, 3.05) is 10.6 Å². The zero-order chi connectivity index (χ0) is 13.7. The predicted molar refractivity (Wildman–Crippen MR) is 80.6 cm³/mol. The molecule has 0 aliphatic carbocycles. The van der Waals surface area contributed by atoms with E-state index in [0.717, 1.165) is 5.56 Å². The van der Waals surface area contributed by atoms with E-state index in [1.807, 2.05) is 12.1 Å². The van der Waals surface area contributed by atoms with Crippen molar-refractivity contribution in [2.24, 2.45) is 5.73 Å². The van der Waals surface area contributed by atoms with E-state index in [1.54, 1.807) is 24.3 Å². The first kappa shape index (κ1) is 15.9. The van der Waals surface area contributed by atoms with Crippen LogP contribution in [0.3, 0.4) is 0 Å². The van der Waals surface area contributed by atoms with E-state index in [-0.39, 0.29) is 18.1 Å². The number of para-hydroxylation sites is 1. The van der Waals surface area contributed by atoms with Crippen LogP contribution >= 0.6 is 12.4 Å². The van der Waals surface area contributed by atoms with Crippen LogP contribution < -0.4 is 16.4 Å². The Hall–Kier alpha value is -2.11. The largest absolute Gasteiger partial charge is 0.326 e. The second-order valence-corrected chi connectivity index (χ2v) is 3.96. The highest BCUT2D eigenvalue weighted by molar-refractivity contribution is 5.99. The highest BCUT2D eigenvalue weighted by Crippen LogP contribution is 2.14. The first-order chi connectivity index (χ1) is 9.19. The molecule has 4 N–H and O–H groups in total. The molecule has 0 unspecified atom stereocenters. The van der Waals surface area contributed by atoms with Gasteiger partial charge in [-0.15, -0.1) is 12.4 Å². The van der Waals surface area contributed by atoms with Gasteiger partial charge < -0.3 is 16.4 Å². The van der Waals surface area contributed by atoms with Gasteiger partial charge in [0.05, 0.1) is 5.69 Å². The lowest BCUT2D eigenvalue weighted by Gasteiger charge is -2.08. The number of hydrogen-bond acceptors (Lipinski definition) is 2. The first-order valence-electron chi connectivity index (χ1n) is 5.80. The zero-order valence-corrected chi connectivity index (χ0v) is 11.4. The summed E-state index contributed by atoms with van der Waals surface area (Å²) >= 11 is 0. The molecule has 2 rings (SSSR count). The number of urea groups is 1. The van der Waals surface area contributed by atoms with E-state index in [1.165, 1.54) is 12.1 Å². The number of nitrogens with one attached hydrogen (secondary N) is 2. The van der Waals surface area contributed by atoms with E-state index in [2.05, 4.69) is 10.6 Å². The van der Waals surface area contributed by atoms with Gasteiger partial charge in [0.2, 0.25) is 0 Å². The molecule has 2 amide bonds. The van der Waals surface area contributed by atoms with E-state index in [9.17, 15) is 9.18 Å². The number of rotatable bonds is 3. The normalized spacial score (nSPS) is 9.50. The molecule has 0 fully saturated rings. The maximum Gasteiger partial charge on any atom is 0.323 e. The average molecular weight is 296 g/mol. The van der Waals surface area contributed by atoms with Gasteiger partial charge in [-0.05, 0) is 29.8 Å². The summed E-state index contributed by atoms with van der Waals surface area (Å²) in [5.41, 5.74) is 7.21. The SMILES string of the molecule is Cl.NCc1ccc(NC(=O)Nc2ccccc2F)cc1. The van der Waals surface area contributed by atoms with Crippen molar-refractivity contribution in [3.8, 4) is 0 Å². The number of carbonyl (C=O) groups excluding carboxylic acids is 1. The topological polar surface area (TPSA) is 67.1 Å². The molecule has 0 atom stereocenters. The Morgan fingerprint density at radius 2 is 1.70 bits per heavy atom. The van der Waals surface area contributed by atoms with Crippen molar-refractivity contribution in [2.45, 2.75) is 6.54 Å². The minimum absolute atomic E-state index is 0. The molecular formula is C14H15ClFN3O. The standard InChI is InChI=1S/C14H14FN3O.ClH/c15-12-3-1-2-4-13(12)18-14(19)17-11-7-5-10(9-16)6-8-11;/h1-8H,9,16H2,(H2,17,18,19);1H. The minimum atomic E-state index is -0.495. The lowest BCUT2D eigenvalue weighted by atomic mass is 10.2. The monoisotopic (exact) mass is 295 g/mol. The summed E-state index contributed by atoms with van der Waals surface area (Å²) < 4.78 is 13.3. The molecule has 4 nitrogen and oxygen atoms in total. The zero-order valence-electron chi connectivity index (χ0n) is 10.6. The fourth-order valence-electron chi connectivity index (χ4n) is 1.57. The molecule has 0 aliphatic heterocycles. The summed E-state index contributed by atoms with van der Waals surface area (Å²) in [7, 11) is 0. The van der Waals surface area contributed by atoms with E-state index < -0.39 is 11.8 Å². The molecule has 0 radical (unpaired) electrons. The number of benzene rings is 2. The molecule has 2 aromatic carbocycles. The Labute approximate surface area is 122 Å². The molecule has 0 aromatic heterocycles. The number of nitrogens with two attached hydrogens (primary N) is 1. The fraction of sp³-hybridized carbons (Fsp3) is 0.0714. The van der Waals surface area contributed by atoms with Crippen molar-refractivity contribution >= 4 is 29.8 Å². The Kier molecular flexibility index (Phi) is 5.96. The maximum atomic E-state index is 13.3. The third kappa shape index (κ3) is 4.22. The molecule has 0 bridgehead atoms. The van der Waals surface area contributed by atoms with Crippen LogP contribution in [0, 0.1) is 5.82 Å². The Morgan fingerprint density at radius 1 is 1.05 bits per heavy atom. The molecular weight excluding hydrogens is 281 g/mol. The first-order valence-corrected chi connectivity index (χ1v) is 5.80. The summed E-state index contributed by atoms with van der Waals surface area (Å²) in [6, 6.07) is 12.6. The van der Waals surface area contributed by atoms with Crippen molar-refractivity contribution in [3.05, 3.63) is 59.9 Å². The van der Waals surface area contributed by atoms with Gasteiger partial charge in [-0.25, -0.2) is 9.18 Å². The van der Waals surface area contributed by atoms with Crippen LogP contribution in [0.2, 0.25) is 0 Å². The summed E-state index contributed by atoms with van der Waals surface area (Å²) in [5, 5.41) is 5.05. The van der Waals surface area contributed by atoms with Gasteiger partial charge in [0.15, 0.2) is 0 Å². The lowest BCUT2D eigenvalue weighted by molar-refractivity contribution is 0.262. The third-order valence-corrected chi connectivity index (χ3v) is 2.57. The molecule has 2 aromatic rings. The van der Waals surface area contributed by atoms with Crippen LogP contribution in [0.15, 0.2) is 48.5 Å². The Morgan fingerprint density at radius 3 is 2.30 bits per heavy atom. The van der Waals surface area contributed by atoms with E-state index in [4.69, 9.17) is 5.73 Å². The van der Waals surface area contributed by atoms with Gasteiger partial charge >= 0.3 is 6.03 Å². The molecule has 0 saturated carbocycles. The quantitative estimate of drug-likeness (QED) is 0.813. The van der Waals surface area contributed by atoms with Crippen LogP contribution in [0.4, 0.5) is 20.6 Å². The van der Waals surface area contributed by atoms with Crippen LogP contribution in [0.5, 0.6) is 0 Å². The van der Waals surface area contributed by atoms with Crippen LogP contribution in [-0.2, 0) is 6.54 Å². The molecule has 0 heterocycles.